The second-order valence-corrected chi connectivity index (χ2v) is 4.68. The van der Waals surface area contributed by atoms with E-state index in [0.717, 1.165) is 0 Å². The van der Waals surface area contributed by atoms with Crippen LogP contribution in [0.5, 0.6) is 5.75 Å². The summed E-state index contributed by atoms with van der Waals surface area (Å²) >= 11 is 3.20. The van der Waals surface area contributed by atoms with Gasteiger partial charge < -0.3 is 9.47 Å². The van der Waals surface area contributed by atoms with Crippen molar-refractivity contribution in [3.8, 4) is 5.75 Å². The van der Waals surface area contributed by atoms with Crippen LogP contribution in [0.1, 0.15) is 6.42 Å². The van der Waals surface area contributed by atoms with E-state index in [4.69, 9.17) is 9.47 Å². The Morgan fingerprint density at radius 3 is 2.78 bits per heavy atom. The first-order chi connectivity index (χ1) is 8.54. The number of ketones is 1. The Morgan fingerprint density at radius 2 is 2.22 bits per heavy atom. The monoisotopic (exact) mass is 315 g/mol. The molecule has 6 nitrogen and oxygen atoms in total. The fourth-order valence-electron chi connectivity index (χ4n) is 1.76. The van der Waals surface area contributed by atoms with E-state index in [0.29, 0.717) is 4.47 Å². The van der Waals surface area contributed by atoms with Crippen LogP contribution in [0.15, 0.2) is 22.7 Å². The number of nitrogens with zero attached hydrogens (tertiary/aromatic N) is 1. The molecule has 7 heteroatoms. The summed E-state index contributed by atoms with van der Waals surface area (Å²) in [6, 6.07) is 4.54. The van der Waals surface area contributed by atoms with E-state index in [1.165, 1.54) is 13.2 Å². The molecule has 96 valence electrons. The van der Waals surface area contributed by atoms with Crippen molar-refractivity contribution in [2.45, 2.75) is 18.6 Å². The molecule has 2 unspecified atom stereocenters. The maximum atomic E-state index is 11.2. The van der Waals surface area contributed by atoms with Gasteiger partial charge in [0.25, 0.3) is 0 Å². The van der Waals surface area contributed by atoms with Gasteiger partial charge in [0.2, 0.25) is 5.75 Å². The Labute approximate surface area is 111 Å². The first-order valence-electron chi connectivity index (χ1n) is 5.19. The standard InChI is InChI=1S/C11H10BrNO5/c1-17-11-8(14)5-9(11)18-10-6(12)3-2-4-7(10)13(15)16/h2-4,9,11H,5H2,1H3. The molecule has 0 heterocycles. The SMILES string of the molecule is COC1C(=O)CC1Oc1c(Br)cccc1[N+](=O)[O-]. The number of nitro benzene ring substituents is 1. The molecular weight excluding hydrogens is 306 g/mol. The van der Waals surface area contributed by atoms with Crippen molar-refractivity contribution in [2.75, 3.05) is 7.11 Å². The highest BCUT2D eigenvalue weighted by Crippen LogP contribution is 2.37. The van der Waals surface area contributed by atoms with Crippen molar-refractivity contribution in [1.82, 2.24) is 0 Å². The predicted molar refractivity (Wildman–Crippen MR) is 65.6 cm³/mol. The summed E-state index contributed by atoms with van der Waals surface area (Å²) < 4.78 is 11.0. The number of nitro groups is 1. The smallest absolute Gasteiger partial charge is 0.312 e. The van der Waals surface area contributed by atoms with Crippen LogP contribution < -0.4 is 4.74 Å². The van der Waals surface area contributed by atoms with Gasteiger partial charge in [-0.2, -0.15) is 0 Å². The molecule has 1 aromatic rings. The van der Waals surface area contributed by atoms with E-state index >= 15 is 0 Å². The normalized spacial score (nSPS) is 22.4. The minimum atomic E-state index is -0.642. The van der Waals surface area contributed by atoms with Gasteiger partial charge in [-0.1, -0.05) is 6.07 Å². The number of carbonyl (C=O) groups is 1. The van der Waals surface area contributed by atoms with E-state index in [1.807, 2.05) is 0 Å². The zero-order valence-electron chi connectivity index (χ0n) is 9.46. The molecule has 1 fully saturated rings. The molecule has 1 aliphatic rings. The Balaban J connectivity index is 2.24. The molecule has 0 amide bonds. The molecule has 0 aliphatic heterocycles. The number of rotatable bonds is 4. The van der Waals surface area contributed by atoms with Crippen molar-refractivity contribution in [2.24, 2.45) is 0 Å². The number of halogens is 1. The summed E-state index contributed by atoms with van der Waals surface area (Å²) in [6.07, 6.45) is -0.909. The topological polar surface area (TPSA) is 78.7 Å². The molecule has 1 saturated carbocycles. The van der Waals surface area contributed by atoms with Crippen molar-refractivity contribution in [3.05, 3.63) is 32.8 Å². The number of hydrogen-bond donors (Lipinski definition) is 0. The highest BCUT2D eigenvalue weighted by Gasteiger charge is 2.43. The number of para-hydroxylation sites is 1. The molecular formula is C11H10BrNO5. The number of hydrogen-bond acceptors (Lipinski definition) is 5. The van der Waals surface area contributed by atoms with Crippen molar-refractivity contribution >= 4 is 27.4 Å². The van der Waals surface area contributed by atoms with Crippen molar-refractivity contribution < 1.29 is 19.2 Å². The van der Waals surface area contributed by atoms with Crippen LogP contribution in [0.4, 0.5) is 5.69 Å². The quantitative estimate of drug-likeness (QED) is 0.628. The van der Waals surface area contributed by atoms with E-state index in [9.17, 15) is 14.9 Å². The van der Waals surface area contributed by atoms with Crippen LogP contribution >= 0.6 is 15.9 Å². The lowest BCUT2D eigenvalue weighted by molar-refractivity contribution is -0.386. The summed E-state index contributed by atoms with van der Waals surface area (Å²) in [7, 11) is 1.41. The van der Waals surface area contributed by atoms with Gasteiger partial charge in [-0.05, 0) is 22.0 Å². The van der Waals surface area contributed by atoms with Gasteiger partial charge >= 0.3 is 5.69 Å². The molecule has 0 aromatic heterocycles. The third-order valence-corrected chi connectivity index (χ3v) is 3.35. The third-order valence-electron chi connectivity index (χ3n) is 2.72. The number of methoxy groups -OCH3 is 1. The molecule has 18 heavy (non-hydrogen) atoms. The molecule has 0 spiro atoms. The van der Waals surface area contributed by atoms with Crippen molar-refractivity contribution in [1.29, 1.82) is 0 Å². The maximum absolute atomic E-state index is 11.2. The van der Waals surface area contributed by atoms with Gasteiger partial charge in [-0.25, -0.2) is 0 Å². The van der Waals surface area contributed by atoms with Crippen LogP contribution in [0, 0.1) is 10.1 Å². The average molecular weight is 316 g/mol. The second-order valence-electron chi connectivity index (χ2n) is 3.83. The number of carbonyl (C=O) groups excluding carboxylic acids is 1. The second kappa shape index (κ2) is 5.03. The number of Topliss-reactive ketones (excluding diaryl/α,β-unsaturated/α-hetero) is 1. The van der Waals surface area contributed by atoms with E-state index in [2.05, 4.69) is 15.9 Å². The summed E-state index contributed by atoms with van der Waals surface area (Å²) in [5, 5.41) is 10.9. The lowest BCUT2D eigenvalue weighted by Crippen LogP contribution is -2.51. The largest absolute Gasteiger partial charge is 0.479 e. The first kappa shape index (κ1) is 13.0. The fourth-order valence-corrected chi connectivity index (χ4v) is 2.21. The van der Waals surface area contributed by atoms with Crippen LogP contribution in [0.25, 0.3) is 0 Å². The Bertz CT molecular complexity index is 504. The highest BCUT2D eigenvalue weighted by molar-refractivity contribution is 9.10. The Kier molecular flexibility index (Phi) is 3.63. The fraction of sp³-hybridized carbons (Fsp3) is 0.364. The number of ether oxygens (including phenoxy) is 2. The summed E-state index contributed by atoms with van der Waals surface area (Å²) in [5.41, 5.74) is -0.140. The maximum Gasteiger partial charge on any atom is 0.312 e. The molecule has 0 bridgehead atoms. The molecule has 0 saturated heterocycles. The van der Waals surface area contributed by atoms with Gasteiger partial charge in [0, 0.05) is 19.6 Å². The molecule has 2 rings (SSSR count). The minimum absolute atomic E-state index is 0.0581. The average Bonchev–Trinajstić information content (AvgIpc) is 2.30. The number of benzene rings is 1. The minimum Gasteiger partial charge on any atom is -0.479 e. The van der Waals surface area contributed by atoms with E-state index in [-0.39, 0.29) is 23.6 Å². The van der Waals surface area contributed by atoms with Crippen LogP contribution in [-0.2, 0) is 9.53 Å². The zero-order valence-corrected chi connectivity index (χ0v) is 11.0. The Hall–Kier alpha value is -1.47. The molecule has 0 N–H and O–H groups in total. The van der Waals surface area contributed by atoms with Crippen molar-refractivity contribution in [3.63, 3.8) is 0 Å². The highest BCUT2D eigenvalue weighted by atomic mass is 79.9. The third kappa shape index (κ3) is 2.23. The summed E-state index contributed by atoms with van der Waals surface area (Å²) in [4.78, 5) is 21.6. The Morgan fingerprint density at radius 1 is 1.50 bits per heavy atom. The predicted octanol–water partition coefficient (Wildman–Crippen LogP) is 2.09. The van der Waals surface area contributed by atoms with Gasteiger partial charge in [0.1, 0.15) is 6.10 Å². The van der Waals surface area contributed by atoms with Gasteiger partial charge in [0.05, 0.1) is 9.40 Å². The zero-order chi connectivity index (χ0) is 13.3. The van der Waals surface area contributed by atoms with Gasteiger partial charge in [-0.15, -0.1) is 0 Å². The molecule has 1 aromatic carbocycles. The molecule has 2 atom stereocenters. The lowest BCUT2D eigenvalue weighted by atomic mass is 9.90. The first-order valence-corrected chi connectivity index (χ1v) is 5.99. The summed E-state index contributed by atoms with van der Waals surface area (Å²) in [5.74, 6) is 0.0688. The van der Waals surface area contributed by atoms with Crippen LogP contribution in [0.2, 0.25) is 0 Å². The van der Waals surface area contributed by atoms with Crippen LogP contribution in [0.3, 0.4) is 0 Å². The lowest BCUT2D eigenvalue weighted by Gasteiger charge is -2.33. The van der Waals surface area contributed by atoms with Crippen LogP contribution in [-0.4, -0.2) is 30.0 Å². The molecule has 1 aliphatic carbocycles. The van der Waals surface area contributed by atoms with E-state index in [1.54, 1.807) is 12.1 Å². The molecule has 0 radical (unpaired) electrons. The van der Waals surface area contributed by atoms with E-state index < -0.39 is 17.1 Å². The van der Waals surface area contributed by atoms with Gasteiger partial charge in [-0.3, -0.25) is 14.9 Å². The van der Waals surface area contributed by atoms with Gasteiger partial charge in [0.15, 0.2) is 11.9 Å². The summed E-state index contributed by atoms with van der Waals surface area (Å²) in [6.45, 7) is 0.